The molecular formula is C65H100N14O18S4Si3+2. The van der Waals surface area contributed by atoms with Crippen LogP contribution in [-0.2, 0) is 63.0 Å². The Bertz CT molecular complexity index is 4840. The predicted molar refractivity (Wildman–Crippen MR) is 397 cm³/mol. The second-order valence-corrected chi connectivity index (χ2v) is 49.1. The van der Waals surface area contributed by atoms with Gasteiger partial charge < -0.3 is 18.5 Å². The van der Waals surface area contributed by atoms with Crippen molar-refractivity contribution in [3.05, 3.63) is 130 Å². The fourth-order valence-electron chi connectivity index (χ4n) is 16.9. The van der Waals surface area contributed by atoms with Gasteiger partial charge in [-0.25, -0.2) is 10.0 Å². The standard InChI is InChI=1S/C65H89N11O18S4Si3.3H3N/c1-6-7-31-76(35-19-46-98(88,89)90,38-40-92-42-41-91-39-30-57(77)70-78)37-21-48-100(4,5)94-101(93-99(2,3)47-20-36-75(32-16-43-95(79,80)81,33-17-44-96(82,83)84)34-18-45-97(85,86)87)71-58-49-22-8-9-23-50(49)59(71)67-61-53-26-12-13-27-54(53)63(73(61)101)69-65-56-29-15-14-28-55(56)64(74(65)101)68-62-52-25-11-10-24-51(52)60(66-58)72(62)101;;;/h8-15,22-29H,6-7,16-21,30-48H2,1-5H3,(H4-2,66,67,68,69,70,77,78,79,80,81,82,83,84,85,86,87,88,89,90);3*1H3/p+2. The molecule has 32 nitrogen and oxygen atoms in total. The minimum Gasteiger partial charge on any atom is -0.369 e. The number of nitrogens with zero attached hydrogens (tertiary/aromatic N) is 10. The summed E-state index contributed by atoms with van der Waals surface area (Å²) < 4.78 is 187. The molecule has 12 rings (SSSR count). The number of benzene rings is 4. The number of primary amides is 1. The van der Waals surface area contributed by atoms with Gasteiger partial charge in [-0.3, -0.25) is 0 Å². The Morgan fingerprint density at radius 2 is 0.827 bits per heavy atom. The third-order valence-corrected chi connectivity index (χ3v) is 40.6. The van der Waals surface area contributed by atoms with Gasteiger partial charge in [0.1, 0.15) is 0 Å². The molecule has 1 atom stereocenters. The van der Waals surface area contributed by atoms with E-state index in [0.29, 0.717) is 94.6 Å². The third-order valence-electron chi connectivity index (χ3n) is 20.7. The van der Waals surface area contributed by atoms with Gasteiger partial charge in [0.05, 0.1) is 13.0 Å². The first kappa shape index (κ1) is 81.8. The summed E-state index contributed by atoms with van der Waals surface area (Å²) in [6.07, 6.45) is 1.92. The monoisotopic (exact) mass is 1580 g/mol. The Labute approximate surface area is 608 Å². The maximum absolute atomic E-state index is 12.4. The van der Waals surface area contributed by atoms with E-state index in [9.17, 15) is 64.9 Å². The number of carbonyl (C=O) groups is 1. The fourth-order valence-corrected chi connectivity index (χ4v) is 41.1. The molecule has 6 aliphatic rings. The van der Waals surface area contributed by atoms with Gasteiger partial charge in [-0.15, -0.1) is 5.48 Å². The van der Waals surface area contributed by atoms with Crippen LogP contribution in [0.15, 0.2) is 117 Å². The average Bonchev–Trinajstić information content (AvgIpc) is 1.28. The van der Waals surface area contributed by atoms with Crippen molar-refractivity contribution in [1.29, 1.82) is 0 Å². The Balaban J connectivity index is 0.00000418. The molecule has 0 aliphatic carbocycles. The number of hydrogen-bond acceptors (Lipinski definition) is 22. The first-order chi connectivity index (χ1) is 47.7. The van der Waals surface area contributed by atoms with Crippen LogP contribution in [-0.4, -0.2) is 238 Å². The zero-order valence-electron chi connectivity index (χ0n) is 60.4. The number of amides is 1. The molecule has 1 unspecified atom stereocenters. The second-order valence-electron chi connectivity index (χ2n) is 28.8. The van der Waals surface area contributed by atoms with E-state index in [4.69, 9.17) is 34.7 Å². The van der Waals surface area contributed by atoms with E-state index in [-0.39, 0.29) is 120 Å². The summed E-state index contributed by atoms with van der Waals surface area (Å²) in [5, 5.41) is 12.0. The molecule has 6 aromatic rings. The smallest absolute Gasteiger partial charge is 0.369 e. The molecule has 0 saturated carbocycles. The van der Waals surface area contributed by atoms with Gasteiger partial charge in [-0.05, 0) is 0 Å². The van der Waals surface area contributed by atoms with E-state index < -0.39 is 93.8 Å². The molecule has 39 heteroatoms. The summed E-state index contributed by atoms with van der Waals surface area (Å²) in [5.74, 6) is -0.400. The third kappa shape index (κ3) is 14.8. The van der Waals surface area contributed by atoms with Gasteiger partial charge in [-0.2, -0.15) is 0 Å². The van der Waals surface area contributed by atoms with Crippen molar-refractivity contribution >= 4 is 127 Å². The van der Waals surface area contributed by atoms with Gasteiger partial charge >= 0.3 is 565 Å². The zero-order valence-corrected chi connectivity index (χ0v) is 66.7. The molecule has 0 saturated heterocycles. The zero-order chi connectivity index (χ0) is 72.3. The molecule has 2 aromatic heterocycles. The number of amidine groups is 4. The molecule has 1 spiro atoms. The summed E-state index contributed by atoms with van der Waals surface area (Å²) >= 11 is 0. The topological polar surface area (TPSA) is 494 Å². The number of hydrogen-bond donors (Lipinski definition) is 5. The van der Waals surface area contributed by atoms with Gasteiger partial charge in [0.2, 0.25) is 0 Å². The molecule has 104 heavy (non-hydrogen) atoms. The van der Waals surface area contributed by atoms with Crippen molar-refractivity contribution < 1.29 is 103 Å². The Morgan fingerprint density at radius 1 is 0.481 bits per heavy atom. The first-order valence-electron chi connectivity index (χ1n) is 34.5. The summed E-state index contributed by atoms with van der Waals surface area (Å²) in [6, 6.07) is 32.6. The first-order valence-corrected chi connectivity index (χ1v) is 49.6. The number of aromatic nitrogens is 2. The van der Waals surface area contributed by atoms with Gasteiger partial charge in [0.15, 0.2) is 0 Å². The summed E-state index contributed by atoms with van der Waals surface area (Å²) in [5.41, 5.74) is 4.46. The number of nitrogens with two attached hydrogens (primary N) is 1. The van der Waals surface area contributed by atoms with E-state index >= 15 is 0 Å². The van der Waals surface area contributed by atoms with Crippen LogP contribution in [0.4, 0.5) is 11.6 Å². The fraction of sp³-hybridized carbons (Fsp3) is 0.492. The molecule has 1 amide bonds. The average molecular weight is 1580 g/mol. The van der Waals surface area contributed by atoms with Crippen LogP contribution in [0.3, 0.4) is 0 Å². The number of unbranched alkanes of at least 4 members (excludes halogenated alkanes) is 1. The minimum absolute atomic E-state index is 0. The van der Waals surface area contributed by atoms with E-state index in [2.05, 4.69) is 50.1 Å². The molecule has 0 fully saturated rings. The van der Waals surface area contributed by atoms with Crippen molar-refractivity contribution in [2.24, 2.45) is 20.0 Å². The summed E-state index contributed by atoms with van der Waals surface area (Å²) in [6.45, 7) is 13.4. The summed E-state index contributed by atoms with van der Waals surface area (Å²) in [7, 11) is -33.7. The quantitative estimate of drug-likeness (QED) is 0.00864. The van der Waals surface area contributed by atoms with Crippen molar-refractivity contribution in [3.63, 3.8) is 0 Å². The number of carbonyl (C=O) groups excluding carboxylic acids is 1. The number of aliphatic imine (C=N–C) groups is 2. The van der Waals surface area contributed by atoms with E-state index in [1.54, 1.807) is 0 Å². The number of hydroxylamine groups is 1. The predicted octanol–water partition coefficient (Wildman–Crippen LogP) is 4.75. The van der Waals surface area contributed by atoms with E-state index in [1.807, 2.05) is 97.1 Å². The number of ether oxygens (including phenoxy) is 2. The molecule has 15 N–H and O–H groups in total. The minimum atomic E-state index is -7.40. The second kappa shape index (κ2) is 30.1. The van der Waals surface area contributed by atoms with Crippen LogP contribution in [0.25, 0.3) is 21.5 Å². The maximum atomic E-state index is 12.4. The SMILES string of the molecule is CCCC[N+](CCC[Si](C)(C)O[Si-2]123(O[Si](C)(C)CCC[N+](CCCS(=O)(=O)[O-])(CCCS(=O)(=O)[O-])CCCS(=O)(=O)[O-])n4c5c6ccccc6c4N=C4c6ccccc6C(=[N+]41)N=c1c4ccccc4c(n12)=NC1=[N+]3C(=N5)c2ccccc21)(CCCS(=O)(=O)[O-])CCOCCOCCC(=O)[NH2+]O.[NH4+].[NH4+].[NH4+]. The van der Waals surface area contributed by atoms with Gasteiger partial charge in [0, 0.05) is 0 Å². The Hall–Kier alpha value is -6.24. The van der Waals surface area contributed by atoms with E-state index in [0.717, 1.165) is 56.6 Å². The number of quaternary nitrogens is 6. The molecular weight excluding hydrogens is 1480 g/mol. The van der Waals surface area contributed by atoms with Crippen LogP contribution >= 0.6 is 0 Å². The number of fused-ring (bicyclic) bond motifs is 12. The Kier molecular flexibility index (Phi) is 23.7. The number of rotatable bonds is 40. The summed E-state index contributed by atoms with van der Waals surface area (Å²) in [4.78, 5) is 35.0. The molecule has 0 bridgehead atoms. The molecule has 4 aromatic carbocycles. The van der Waals surface area contributed by atoms with Crippen molar-refractivity contribution in [3.8, 4) is 0 Å². The van der Waals surface area contributed by atoms with Crippen LogP contribution in [0.1, 0.15) is 87.0 Å². The molecule has 0 radical (unpaired) electrons. The van der Waals surface area contributed by atoms with E-state index in [1.165, 1.54) is 0 Å². The van der Waals surface area contributed by atoms with Gasteiger partial charge in [0.25, 0.3) is 0 Å². The Morgan fingerprint density at radius 3 is 1.21 bits per heavy atom. The van der Waals surface area contributed by atoms with Crippen LogP contribution in [0, 0.1) is 0 Å². The van der Waals surface area contributed by atoms with Crippen LogP contribution in [0.2, 0.25) is 38.3 Å². The van der Waals surface area contributed by atoms with Crippen molar-refractivity contribution in [2.45, 2.75) is 103 Å². The molecule has 8 heterocycles. The van der Waals surface area contributed by atoms with Gasteiger partial charge in [-0.1, -0.05) is 0 Å². The van der Waals surface area contributed by atoms with Crippen LogP contribution in [0.5, 0.6) is 0 Å². The van der Waals surface area contributed by atoms with Crippen LogP contribution < -0.4 is 34.9 Å². The molecule has 6 aliphatic heterocycles. The molecule has 572 valence electrons. The van der Waals surface area contributed by atoms with Crippen molar-refractivity contribution in [1.82, 2.24) is 26.9 Å². The van der Waals surface area contributed by atoms with Crippen molar-refractivity contribution in [2.75, 3.05) is 102 Å². The normalized spacial score (nSPS) is 17.6.